The highest BCUT2D eigenvalue weighted by Crippen LogP contribution is 2.25. The Balaban J connectivity index is 1.54. The minimum atomic E-state index is 1.24. The van der Waals surface area contributed by atoms with Gasteiger partial charge in [-0.05, 0) is 51.4 Å². The molecule has 1 aliphatic heterocycles. The van der Waals surface area contributed by atoms with Gasteiger partial charge >= 0.3 is 0 Å². The lowest BCUT2D eigenvalue weighted by Gasteiger charge is -2.41. The Kier molecular flexibility index (Phi) is 3.92. The second-order valence-electron chi connectivity index (χ2n) is 5.86. The van der Waals surface area contributed by atoms with Gasteiger partial charge in [0.2, 0.25) is 0 Å². The molecule has 1 fully saturated rings. The van der Waals surface area contributed by atoms with Gasteiger partial charge in [0, 0.05) is 37.6 Å². The molecule has 0 N–H and O–H groups in total. The van der Waals surface area contributed by atoms with E-state index in [4.69, 9.17) is 0 Å². The number of rotatable bonds is 2. The summed E-state index contributed by atoms with van der Waals surface area (Å²) in [6.45, 7) is 4.96. The minimum absolute atomic E-state index is 1.24. The van der Waals surface area contributed by atoms with E-state index in [2.05, 4.69) is 22.0 Å². The minimum Gasteiger partial charge on any atom is -0.372 e. The van der Waals surface area contributed by atoms with Crippen LogP contribution in [0.3, 0.4) is 0 Å². The van der Waals surface area contributed by atoms with Crippen molar-refractivity contribution in [3.05, 3.63) is 23.5 Å². The quantitative estimate of drug-likeness (QED) is 0.735. The second kappa shape index (κ2) is 5.81. The summed E-state index contributed by atoms with van der Waals surface area (Å²) >= 11 is 0. The third-order valence-corrected chi connectivity index (χ3v) is 4.63. The van der Waals surface area contributed by atoms with Crippen LogP contribution in [0.2, 0.25) is 0 Å². The lowest BCUT2D eigenvalue weighted by Crippen LogP contribution is -2.45. The fourth-order valence-corrected chi connectivity index (χ4v) is 3.50. The molecule has 0 aromatic heterocycles. The van der Waals surface area contributed by atoms with E-state index in [-0.39, 0.29) is 0 Å². The second-order valence-corrected chi connectivity index (χ2v) is 5.86. The van der Waals surface area contributed by atoms with Crippen LogP contribution in [0.25, 0.3) is 0 Å². The van der Waals surface area contributed by atoms with Crippen molar-refractivity contribution in [2.75, 3.05) is 26.2 Å². The van der Waals surface area contributed by atoms with Gasteiger partial charge in [-0.15, -0.1) is 0 Å². The molecule has 0 saturated carbocycles. The summed E-state index contributed by atoms with van der Waals surface area (Å²) < 4.78 is 0. The molecule has 1 saturated heterocycles. The van der Waals surface area contributed by atoms with Crippen molar-refractivity contribution in [3.63, 3.8) is 0 Å². The molecular formula is C16H26N2. The third-order valence-electron chi connectivity index (χ3n) is 4.63. The van der Waals surface area contributed by atoms with E-state index in [0.29, 0.717) is 0 Å². The molecule has 100 valence electrons. The molecular weight excluding hydrogens is 220 g/mol. The van der Waals surface area contributed by atoms with Crippen LogP contribution in [-0.4, -0.2) is 36.0 Å². The third kappa shape index (κ3) is 2.73. The number of hydrogen-bond donors (Lipinski definition) is 0. The maximum Gasteiger partial charge on any atom is 0.0351 e. The highest BCUT2D eigenvalue weighted by molar-refractivity contribution is 5.09. The molecule has 0 spiro atoms. The average Bonchev–Trinajstić information content (AvgIpc) is 2.49. The first-order valence-corrected chi connectivity index (χ1v) is 7.81. The molecule has 1 heterocycles. The Hall–Kier alpha value is -0.920. The summed E-state index contributed by atoms with van der Waals surface area (Å²) in [5.74, 6) is 0. The molecule has 3 rings (SSSR count). The number of nitrogens with zero attached hydrogens (tertiary/aromatic N) is 2. The van der Waals surface area contributed by atoms with E-state index in [0.717, 1.165) is 0 Å². The van der Waals surface area contributed by atoms with Gasteiger partial charge in [0.05, 0.1) is 0 Å². The van der Waals surface area contributed by atoms with Crippen molar-refractivity contribution >= 4 is 0 Å². The van der Waals surface area contributed by atoms with Gasteiger partial charge in [0.15, 0.2) is 0 Å². The molecule has 2 heteroatoms. The largest absolute Gasteiger partial charge is 0.372 e. The maximum absolute atomic E-state index is 2.64. The van der Waals surface area contributed by atoms with Crippen LogP contribution >= 0.6 is 0 Å². The lowest BCUT2D eigenvalue weighted by atomic mass is 10.0. The normalized spacial score (nSPS) is 25.8. The Morgan fingerprint density at radius 3 is 1.39 bits per heavy atom. The van der Waals surface area contributed by atoms with Crippen LogP contribution in [0, 0.1) is 0 Å². The first kappa shape index (κ1) is 12.1. The zero-order valence-corrected chi connectivity index (χ0v) is 11.5. The van der Waals surface area contributed by atoms with Crippen molar-refractivity contribution in [2.24, 2.45) is 0 Å². The fourth-order valence-electron chi connectivity index (χ4n) is 3.50. The van der Waals surface area contributed by atoms with Gasteiger partial charge in [-0.3, -0.25) is 0 Å². The predicted octanol–water partition coefficient (Wildman–Crippen LogP) is 3.52. The first-order valence-electron chi connectivity index (χ1n) is 7.81. The zero-order chi connectivity index (χ0) is 12.2. The predicted molar refractivity (Wildman–Crippen MR) is 76.2 cm³/mol. The smallest absolute Gasteiger partial charge is 0.0351 e. The van der Waals surface area contributed by atoms with Crippen molar-refractivity contribution in [3.8, 4) is 0 Å². The van der Waals surface area contributed by atoms with E-state index < -0.39 is 0 Å². The Morgan fingerprint density at radius 2 is 1.06 bits per heavy atom. The van der Waals surface area contributed by atoms with Crippen LogP contribution in [-0.2, 0) is 0 Å². The van der Waals surface area contributed by atoms with E-state index in [1.807, 2.05) is 0 Å². The van der Waals surface area contributed by atoms with Gasteiger partial charge in [-0.1, -0.05) is 12.2 Å². The molecule has 2 nitrogen and oxygen atoms in total. The van der Waals surface area contributed by atoms with Gasteiger partial charge < -0.3 is 9.80 Å². The summed E-state index contributed by atoms with van der Waals surface area (Å²) in [4.78, 5) is 5.28. The van der Waals surface area contributed by atoms with E-state index in [1.165, 1.54) is 77.5 Å². The highest BCUT2D eigenvalue weighted by atomic mass is 15.3. The van der Waals surface area contributed by atoms with Crippen molar-refractivity contribution in [1.82, 2.24) is 9.80 Å². The molecule has 0 aromatic rings. The summed E-state index contributed by atoms with van der Waals surface area (Å²) in [6, 6.07) is 0. The van der Waals surface area contributed by atoms with Gasteiger partial charge in [0.1, 0.15) is 0 Å². The summed E-state index contributed by atoms with van der Waals surface area (Å²) in [5.41, 5.74) is 3.28. The van der Waals surface area contributed by atoms with Gasteiger partial charge in [0.25, 0.3) is 0 Å². The molecule has 18 heavy (non-hydrogen) atoms. The summed E-state index contributed by atoms with van der Waals surface area (Å²) in [5, 5.41) is 0. The fraction of sp³-hybridized carbons (Fsp3) is 0.750. The van der Waals surface area contributed by atoms with Crippen molar-refractivity contribution in [1.29, 1.82) is 0 Å². The monoisotopic (exact) mass is 246 g/mol. The van der Waals surface area contributed by atoms with Gasteiger partial charge in [-0.2, -0.15) is 0 Å². The summed E-state index contributed by atoms with van der Waals surface area (Å²) in [6.07, 6.45) is 15.8. The molecule has 0 aromatic carbocycles. The average molecular weight is 246 g/mol. The van der Waals surface area contributed by atoms with Crippen LogP contribution in [0.5, 0.6) is 0 Å². The molecule has 0 amide bonds. The van der Waals surface area contributed by atoms with Crippen LogP contribution in [0.1, 0.15) is 51.4 Å². The van der Waals surface area contributed by atoms with Crippen LogP contribution in [0.4, 0.5) is 0 Å². The van der Waals surface area contributed by atoms with E-state index >= 15 is 0 Å². The molecule has 0 bridgehead atoms. The molecule has 2 aliphatic carbocycles. The molecule has 0 unspecified atom stereocenters. The molecule has 0 radical (unpaired) electrons. The van der Waals surface area contributed by atoms with Crippen LogP contribution in [0.15, 0.2) is 23.5 Å². The standard InChI is InChI=1S/C16H26N2/c1-3-7-15(8-4-1)17-11-13-18(14-12-17)16-9-5-2-6-10-16/h7,9H,1-6,8,10-14H2. The highest BCUT2D eigenvalue weighted by Gasteiger charge is 2.21. The number of piperazine rings is 1. The van der Waals surface area contributed by atoms with Gasteiger partial charge in [-0.25, -0.2) is 0 Å². The SMILES string of the molecule is C1=C(N2CCN(C3=CCCCC3)CC2)CCCC1. The van der Waals surface area contributed by atoms with Crippen molar-refractivity contribution < 1.29 is 0 Å². The van der Waals surface area contributed by atoms with E-state index in [9.17, 15) is 0 Å². The zero-order valence-electron chi connectivity index (χ0n) is 11.5. The maximum atomic E-state index is 2.64. The molecule has 0 atom stereocenters. The Morgan fingerprint density at radius 1 is 0.611 bits per heavy atom. The number of hydrogen-bond acceptors (Lipinski definition) is 2. The Bertz CT molecular complexity index is 301. The Labute approximate surface area is 111 Å². The van der Waals surface area contributed by atoms with Crippen LogP contribution < -0.4 is 0 Å². The van der Waals surface area contributed by atoms with Crippen molar-refractivity contribution in [2.45, 2.75) is 51.4 Å². The molecule has 3 aliphatic rings. The summed E-state index contributed by atoms with van der Waals surface area (Å²) in [7, 11) is 0. The lowest BCUT2D eigenvalue weighted by molar-refractivity contribution is 0.179. The topological polar surface area (TPSA) is 6.48 Å². The number of allylic oxidation sites excluding steroid dienone is 4. The first-order chi connectivity index (χ1) is 8.93. The van der Waals surface area contributed by atoms with E-state index in [1.54, 1.807) is 11.4 Å².